The minimum Gasteiger partial charge on any atom is -0.444 e. The molecule has 1 fully saturated rings. The van der Waals surface area contributed by atoms with Crippen LogP contribution in [0.25, 0.3) is 0 Å². The van der Waals surface area contributed by atoms with Crippen LogP contribution in [0.2, 0.25) is 0 Å². The standard InChI is InChI=1S/C23H30N4O3/c1-23(2,3)30-22(29)26-20(17-7-5-4-6-8-17)21(28)27-15-11-19(12-16-27)25-18-9-13-24-14-10-18/h4-10,13-14,19-20H,11-12,15-16H2,1-3H3,(H,24,25)(H,26,29)/t20-/m1/s1. The summed E-state index contributed by atoms with van der Waals surface area (Å²) in [6.07, 6.45) is 4.59. The molecule has 7 heteroatoms. The van der Waals surface area contributed by atoms with Crippen molar-refractivity contribution >= 4 is 17.7 Å². The average molecular weight is 411 g/mol. The molecule has 0 radical (unpaired) electrons. The van der Waals surface area contributed by atoms with E-state index in [0.29, 0.717) is 19.1 Å². The molecule has 0 bridgehead atoms. The number of hydrogen-bond donors (Lipinski definition) is 2. The van der Waals surface area contributed by atoms with Crippen LogP contribution in [0, 0.1) is 0 Å². The Hall–Kier alpha value is -3.09. The van der Waals surface area contributed by atoms with Gasteiger partial charge in [0.2, 0.25) is 5.91 Å². The fourth-order valence-electron chi connectivity index (χ4n) is 3.47. The summed E-state index contributed by atoms with van der Waals surface area (Å²) in [6.45, 7) is 6.65. The van der Waals surface area contributed by atoms with Crippen molar-refractivity contribution < 1.29 is 14.3 Å². The summed E-state index contributed by atoms with van der Waals surface area (Å²) in [7, 11) is 0. The van der Waals surface area contributed by atoms with Crippen molar-refractivity contribution in [2.45, 2.75) is 51.3 Å². The van der Waals surface area contributed by atoms with Gasteiger partial charge < -0.3 is 20.3 Å². The number of nitrogens with zero attached hydrogens (tertiary/aromatic N) is 2. The summed E-state index contributed by atoms with van der Waals surface area (Å²) >= 11 is 0. The molecule has 1 aromatic heterocycles. The van der Waals surface area contributed by atoms with Crippen molar-refractivity contribution in [3.8, 4) is 0 Å². The van der Waals surface area contributed by atoms with Crippen LogP contribution in [-0.4, -0.2) is 46.6 Å². The molecule has 7 nitrogen and oxygen atoms in total. The Morgan fingerprint density at radius 2 is 1.70 bits per heavy atom. The highest BCUT2D eigenvalue weighted by Gasteiger charge is 2.31. The van der Waals surface area contributed by atoms with Gasteiger partial charge in [-0.1, -0.05) is 30.3 Å². The molecule has 1 aliphatic heterocycles. The molecule has 1 aromatic carbocycles. The molecular weight excluding hydrogens is 380 g/mol. The van der Waals surface area contributed by atoms with E-state index in [0.717, 1.165) is 24.1 Å². The third-order valence-electron chi connectivity index (χ3n) is 4.90. The number of piperidine rings is 1. The third kappa shape index (κ3) is 6.20. The van der Waals surface area contributed by atoms with E-state index >= 15 is 0 Å². The maximum Gasteiger partial charge on any atom is 0.408 e. The van der Waals surface area contributed by atoms with E-state index in [2.05, 4.69) is 15.6 Å². The molecule has 0 spiro atoms. The van der Waals surface area contributed by atoms with Crippen LogP contribution >= 0.6 is 0 Å². The van der Waals surface area contributed by atoms with E-state index in [1.165, 1.54) is 0 Å². The molecule has 2 aromatic rings. The van der Waals surface area contributed by atoms with Gasteiger partial charge in [0.15, 0.2) is 0 Å². The molecule has 0 saturated carbocycles. The third-order valence-corrected chi connectivity index (χ3v) is 4.90. The monoisotopic (exact) mass is 410 g/mol. The van der Waals surface area contributed by atoms with Gasteiger partial charge in [-0.3, -0.25) is 9.78 Å². The SMILES string of the molecule is CC(C)(C)OC(=O)N[C@@H](C(=O)N1CCC(Nc2ccncc2)CC1)c1ccccc1. The molecule has 1 atom stereocenters. The van der Waals surface area contributed by atoms with Crippen molar-refractivity contribution in [3.05, 3.63) is 60.4 Å². The lowest BCUT2D eigenvalue weighted by molar-refractivity contribution is -0.134. The van der Waals surface area contributed by atoms with E-state index in [1.807, 2.05) is 47.4 Å². The minimum atomic E-state index is -0.772. The van der Waals surface area contributed by atoms with E-state index in [9.17, 15) is 9.59 Å². The number of pyridine rings is 1. The number of carbonyl (C=O) groups excluding carboxylic acids is 2. The quantitative estimate of drug-likeness (QED) is 0.784. The Morgan fingerprint density at radius 1 is 1.07 bits per heavy atom. The minimum absolute atomic E-state index is 0.116. The highest BCUT2D eigenvalue weighted by Crippen LogP contribution is 2.22. The van der Waals surface area contributed by atoms with Crippen molar-refractivity contribution in [1.29, 1.82) is 0 Å². The van der Waals surface area contributed by atoms with Crippen LogP contribution in [0.3, 0.4) is 0 Å². The van der Waals surface area contributed by atoms with Crippen LogP contribution in [-0.2, 0) is 9.53 Å². The zero-order valence-electron chi connectivity index (χ0n) is 17.8. The van der Waals surface area contributed by atoms with Crippen molar-refractivity contribution in [1.82, 2.24) is 15.2 Å². The van der Waals surface area contributed by atoms with Crippen molar-refractivity contribution in [2.24, 2.45) is 0 Å². The summed E-state index contributed by atoms with van der Waals surface area (Å²) in [4.78, 5) is 31.5. The molecule has 2 N–H and O–H groups in total. The van der Waals surface area contributed by atoms with Crippen LogP contribution in [0.15, 0.2) is 54.9 Å². The fraction of sp³-hybridized carbons (Fsp3) is 0.435. The molecule has 30 heavy (non-hydrogen) atoms. The van der Waals surface area contributed by atoms with Crippen LogP contribution < -0.4 is 10.6 Å². The van der Waals surface area contributed by atoms with E-state index < -0.39 is 17.7 Å². The van der Waals surface area contributed by atoms with E-state index in [4.69, 9.17) is 4.74 Å². The lowest BCUT2D eigenvalue weighted by atomic mass is 10.0. The number of alkyl carbamates (subject to hydrolysis) is 1. The van der Waals surface area contributed by atoms with E-state index in [1.54, 1.807) is 33.2 Å². The molecule has 2 heterocycles. The molecule has 0 aliphatic carbocycles. The number of rotatable bonds is 5. The Labute approximate surface area is 177 Å². The van der Waals surface area contributed by atoms with Gasteiger partial charge in [-0.25, -0.2) is 4.79 Å². The lowest BCUT2D eigenvalue weighted by Crippen LogP contribution is -2.48. The first-order valence-electron chi connectivity index (χ1n) is 10.3. The predicted octanol–water partition coefficient (Wildman–Crippen LogP) is 3.75. The summed E-state index contributed by atoms with van der Waals surface area (Å²) < 4.78 is 5.37. The Morgan fingerprint density at radius 3 is 2.30 bits per heavy atom. The van der Waals surface area contributed by atoms with Gasteiger partial charge in [-0.15, -0.1) is 0 Å². The number of hydrogen-bond acceptors (Lipinski definition) is 5. The topological polar surface area (TPSA) is 83.6 Å². The molecular formula is C23H30N4O3. The van der Waals surface area contributed by atoms with Gasteiger partial charge in [-0.05, 0) is 51.3 Å². The molecule has 1 saturated heterocycles. The first-order valence-corrected chi connectivity index (χ1v) is 10.3. The second-order valence-corrected chi connectivity index (χ2v) is 8.47. The normalized spacial score (nSPS) is 15.9. The summed E-state index contributed by atoms with van der Waals surface area (Å²) in [5.41, 5.74) is 1.14. The second-order valence-electron chi connectivity index (χ2n) is 8.47. The van der Waals surface area contributed by atoms with Crippen LogP contribution in [0.5, 0.6) is 0 Å². The van der Waals surface area contributed by atoms with Gasteiger partial charge in [0.1, 0.15) is 11.6 Å². The summed E-state index contributed by atoms with van der Waals surface area (Å²) in [6, 6.07) is 12.7. The number of likely N-dealkylation sites (tertiary alicyclic amines) is 1. The first kappa shape index (κ1) is 21.6. The zero-order chi connectivity index (χ0) is 21.6. The van der Waals surface area contributed by atoms with Gasteiger partial charge in [0.05, 0.1) is 0 Å². The zero-order valence-corrected chi connectivity index (χ0v) is 17.8. The highest BCUT2D eigenvalue weighted by atomic mass is 16.6. The first-order chi connectivity index (χ1) is 14.3. The Kier molecular flexibility index (Phi) is 6.92. The maximum atomic E-state index is 13.3. The Bertz CT molecular complexity index is 829. The predicted molar refractivity (Wildman–Crippen MR) is 116 cm³/mol. The Balaban J connectivity index is 1.64. The molecule has 0 unspecified atom stereocenters. The van der Waals surface area contributed by atoms with Crippen molar-refractivity contribution in [2.75, 3.05) is 18.4 Å². The summed E-state index contributed by atoms with van der Waals surface area (Å²) in [5.74, 6) is -0.116. The number of aromatic nitrogens is 1. The van der Waals surface area contributed by atoms with E-state index in [-0.39, 0.29) is 5.91 Å². The lowest BCUT2D eigenvalue weighted by Gasteiger charge is -2.35. The number of amides is 2. The molecule has 3 rings (SSSR count). The number of anilines is 1. The molecule has 2 amide bonds. The second kappa shape index (κ2) is 9.61. The number of ether oxygens (including phenoxy) is 1. The van der Waals surface area contributed by atoms with Gasteiger partial charge >= 0.3 is 6.09 Å². The average Bonchev–Trinajstić information content (AvgIpc) is 2.72. The van der Waals surface area contributed by atoms with Crippen molar-refractivity contribution in [3.63, 3.8) is 0 Å². The van der Waals surface area contributed by atoms with Gasteiger partial charge in [0, 0.05) is 37.2 Å². The fourth-order valence-corrected chi connectivity index (χ4v) is 3.47. The van der Waals surface area contributed by atoms with Crippen LogP contribution in [0.4, 0.5) is 10.5 Å². The number of carbonyl (C=O) groups is 2. The largest absolute Gasteiger partial charge is 0.444 e. The molecule has 160 valence electrons. The van der Waals surface area contributed by atoms with Gasteiger partial charge in [0.25, 0.3) is 0 Å². The van der Waals surface area contributed by atoms with Gasteiger partial charge in [-0.2, -0.15) is 0 Å². The van der Waals surface area contributed by atoms with Crippen LogP contribution in [0.1, 0.15) is 45.2 Å². The highest BCUT2D eigenvalue weighted by molar-refractivity contribution is 5.87. The smallest absolute Gasteiger partial charge is 0.408 e. The number of nitrogens with one attached hydrogen (secondary N) is 2. The molecule has 1 aliphatic rings. The number of benzene rings is 1. The maximum absolute atomic E-state index is 13.3. The summed E-state index contributed by atoms with van der Waals surface area (Å²) in [5, 5.41) is 6.25.